The van der Waals surface area contributed by atoms with E-state index in [1.807, 2.05) is 0 Å². The van der Waals surface area contributed by atoms with E-state index in [-0.39, 0.29) is 16.8 Å². The Morgan fingerprint density at radius 3 is 2.56 bits per heavy atom. The maximum atomic E-state index is 12.7. The van der Waals surface area contributed by atoms with Crippen molar-refractivity contribution in [3.05, 3.63) is 17.2 Å². The number of hydrogen-bond acceptors (Lipinski definition) is 6. The summed E-state index contributed by atoms with van der Waals surface area (Å²) < 4.78 is 25.4. The van der Waals surface area contributed by atoms with E-state index in [2.05, 4.69) is 20.8 Å². The SMILES string of the molecule is O=C(Nc1ccc(Cl)c(S(=O)(=O)NN2CCNCC2)c1O)NC1CCCC1. The Morgan fingerprint density at radius 1 is 1.22 bits per heavy atom. The van der Waals surface area contributed by atoms with Gasteiger partial charge in [0, 0.05) is 32.2 Å². The van der Waals surface area contributed by atoms with Gasteiger partial charge in [-0.05, 0) is 25.0 Å². The van der Waals surface area contributed by atoms with E-state index >= 15 is 0 Å². The van der Waals surface area contributed by atoms with Crippen LogP contribution >= 0.6 is 11.6 Å². The fraction of sp³-hybridized carbons (Fsp3) is 0.562. The molecular formula is C16H24ClN5O4S. The third-order valence-electron chi connectivity index (χ3n) is 4.66. The lowest BCUT2D eigenvalue weighted by atomic mass is 10.2. The summed E-state index contributed by atoms with van der Waals surface area (Å²) >= 11 is 6.04. The van der Waals surface area contributed by atoms with Crippen LogP contribution in [-0.2, 0) is 10.0 Å². The lowest BCUT2D eigenvalue weighted by Gasteiger charge is -2.27. The molecule has 1 saturated carbocycles. The Kier molecular flexibility index (Phi) is 6.43. The van der Waals surface area contributed by atoms with Crippen molar-refractivity contribution in [2.24, 2.45) is 0 Å². The zero-order chi connectivity index (χ0) is 19.4. The average Bonchev–Trinajstić information content (AvgIpc) is 3.10. The van der Waals surface area contributed by atoms with E-state index in [1.165, 1.54) is 17.1 Å². The topological polar surface area (TPSA) is 123 Å². The molecule has 5 N–H and O–H groups in total. The molecule has 0 spiro atoms. The minimum Gasteiger partial charge on any atom is -0.504 e. The molecule has 2 aliphatic rings. The summed E-state index contributed by atoms with van der Waals surface area (Å²) in [5.41, 5.74) is -0.0180. The van der Waals surface area contributed by atoms with Crippen LogP contribution < -0.4 is 20.8 Å². The summed E-state index contributed by atoms with van der Waals surface area (Å²) in [7, 11) is -4.11. The summed E-state index contributed by atoms with van der Waals surface area (Å²) in [6, 6.07) is 2.31. The number of phenolic OH excluding ortho intramolecular Hbond substituents is 1. The van der Waals surface area contributed by atoms with Gasteiger partial charge in [-0.25, -0.2) is 18.2 Å². The van der Waals surface area contributed by atoms with Crippen molar-refractivity contribution in [2.45, 2.75) is 36.6 Å². The molecule has 0 unspecified atom stereocenters. The molecule has 0 radical (unpaired) electrons. The number of hydrazine groups is 1. The quantitative estimate of drug-likeness (QED) is 0.459. The van der Waals surface area contributed by atoms with Crippen LogP contribution in [0.2, 0.25) is 5.02 Å². The second-order valence-corrected chi connectivity index (χ2v) is 8.69. The Hall–Kier alpha value is -1.59. The molecule has 0 atom stereocenters. The van der Waals surface area contributed by atoms with Gasteiger partial charge in [-0.15, -0.1) is 4.83 Å². The van der Waals surface area contributed by atoms with Crippen molar-refractivity contribution < 1.29 is 18.3 Å². The van der Waals surface area contributed by atoms with Gasteiger partial charge in [-0.3, -0.25) is 0 Å². The van der Waals surface area contributed by atoms with Crippen molar-refractivity contribution in [2.75, 3.05) is 31.5 Å². The van der Waals surface area contributed by atoms with E-state index in [9.17, 15) is 18.3 Å². The van der Waals surface area contributed by atoms with Gasteiger partial charge in [-0.1, -0.05) is 24.4 Å². The van der Waals surface area contributed by atoms with Gasteiger partial charge in [-0.2, -0.15) is 0 Å². The van der Waals surface area contributed by atoms with Crippen LogP contribution in [0, 0.1) is 0 Å². The number of nitrogens with zero attached hydrogens (tertiary/aromatic N) is 1. The lowest BCUT2D eigenvalue weighted by Crippen LogP contribution is -2.52. The van der Waals surface area contributed by atoms with E-state index < -0.39 is 26.7 Å². The molecule has 1 aromatic rings. The highest BCUT2D eigenvalue weighted by atomic mass is 35.5. The molecule has 0 aromatic heterocycles. The van der Waals surface area contributed by atoms with Crippen LogP contribution in [0.4, 0.5) is 10.5 Å². The number of piperazine rings is 1. The minimum absolute atomic E-state index is 0.0180. The summed E-state index contributed by atoms with van der Waals surface area (Å²) in [6.45, 7) is 2.26. The third kappa shape index (κ3) is 5.02. The number of carbonyl (C=O) groups is 1. The number of aromatic hydroxyl groups is 1. The van der Waals surface area contributed by atoms with Crippen LogP contribution in [0.25, 0.3) is 0 Å². The number of anilines is 1. The predicted octanol–water partition coefficient (Wildman–Crippen LogP) is 1.21. The second kappa shape index (κ2) is 8.61. The fourth-order valence-corrected chi connectivity index (χ4v) is 5.05. The third-order valence-corrected chi connectivity index (χ3v) is 6.53. The van der Waals surface area contributed by atoms with Crippen molar-refractivity contribution in [3.8, 4) is 5.75 Å². The Bertz CT molecular complexity index is 792. The van der Waals surface area contributed by atoms with Gasteiger partial charge in [0.15, 0.2) is 5.75 Å². The molecule has 1 heterocycles. The number of phenols is 1. The Morgan fingerprint density at radius 2 is 1.89 bits per heavy atom. The number of rotatable bonds is 5. The van der Waals surface area contributed by atoms with Crippen LogP contribution in [0.1, 0.15) is 25.7 Å². The van der Waals surface area contributed by atoms with Crippen LogP contribution in [0.15, 0.2) is 17.0 Å². The number of amides is 2. The molecule has 27 heavy (non-hydrogen) atoms. The molecule has 2 amide bonds. The van der Waals surface area contributed by atoms with Gasteiger partial charge in [0.2, 0.25) is 0 Å². The predicted molar refractivity (Wildman–Crippen MR) is 102 cm³/mol. The van der Waals surface area contributed by atoms with Crippen molar-refractivity contribution in [1.29, 1.82) is 0 Å². The van der Waals surface area contributed by atoms with Gasteiger partial charge >= 0.3 is 6.03 Å². The molecular weight excluding hydrogens is 394 g/mol. The molecule has 1 aliphatic carbocycles. The monoisotopic (exact) mass is 417 g/mol. The number of halogens is 1. The van der Waals surface area contributed by atoms with Crippen molar-refractivity contribution >= 4 is 33.3 Å². The van der Waals surface area contributed by atoms with E-state index in [0.29, 0.717) is 26.2 Å². The molecule has 3 rings (SSSR count). The normalized spacial score (nSPS) is 19.1. The summed E-state index contributed by atoms with van der Waals surface area (Å²) in [5, 5.41) is 20.3. The molecule has 0 bridgehead atoms. The molecule has 150 valence electrons. The van der Waals surface area contributed by atoms with Gasteiger partial charge in [0.1, 0.15) is 4.90 Å². The van der Waals surface area contributed by atoms with E-state index in [1.54, 1.807) is 0 Å². The maximum Gasteiger partial charge on any atom is 0.319 e. The molecule has 9 nitrogen and oxygen atoms in total. The zero-order valence-corrected chi connectivity index (χ0v) is 16.4. The van der Waals surface area contributed by atoms with Gasteiger partial charge in [0.25, 0.3) is 10.0 Å². The fourth-order valence-electron chi connectivity index (χ4n) is 3.29. The first-order valence-electron chi connectivity index (χ1n) is 8.94. The highest BCUT2D eigenvalue weighted by Crippen LogP contribution is 2.36. The number of sulfonamides is 1. The number of urea groups is 1. The van der Waals surface area contributed by atoms with Crippen LogP contribution in [0.5, 0.6) is 5.75 Å². The number of nitrogens with one attached hydrogen (secondary N) is 4. The average molecular weight is 418 g/mol. The first-order valence-corrected chi connectivity index (χ1v) is 10.8. The summed E-state index contributed by atoms with van der Waals surface area (Å²) in [5.74, 6) is -0.591. The van der Waals surface area contributed by atoms with Crippen LogP contribution in [0.3, 0.4) is 0 Å². The maximum absolute atomic E-state index is 12.7. The molecule has 1 aromatic carbocycles. The summed E-state index contributed by atoms with van der Waals surface area (Å²) in [6.07, 6.45) is 3.96. The minimum atomic E-state index is -4.11. The first kappa shape index (κ1) is 20.2. The first-order chi connectivity index (χ1) is 12.9. The molecule has 1 aliphatic heterocycles. The van der Waals surface area contributed by atoms with Crippen LogP contribution in [-0.4, -0.2) is 56.8 Å². The summed E-state index contributed by atoms with van der Waals surface area (Å²) in [4.78, 5) is 14.1. The Balaban J connectivity index is 1.76. The molecule has 2 fully saturated rings. The number of hydrogen-bond donors (Lipinski definition) is 5. The zero-order valence-electron chi connectivity index (χ0n) is 14.8. The van der Waals surface area contributed by atoms with Crippen molar-refractivity contribution in [3.63, 3.8) is 0 Å². The van der Waals surface area contributed by atoms with Gasteiger partial charge < -0.3 is 21.1 Å². The number of carbonyl (C=O) groups excluding carboxylic acids is 1. The largest absolute Gasteiger partial charge is 0.504 e. The smallest absolute Gasteiger partial charge is 0.319 e. The lowest BCUT2D eigenvalue weighted by molar-refractivity contribution is 0.211. The Labute approximate surface area is 163 Å². The van der Waals surface area contributed by atoms with Gasteiger partial charge in [0.05, 0.1) is 10.7 Å². The van der Waals surface area contributed by atoms with E-state index in [0.717, 1.165) is 25.7 Å². The highest BCUT2D eigenvalue weighted by molar-refractivity contribution is 7.89. The standard InChI is InChI=1S/C16H24ClN5O4S/c17-12-5-6-13(20-16(24)19-11-3-1-2-4-11)14(23)15(12)27(25,26)21-22-9-7-18-8-10-22/h5-6,11,18,21,23H,1-4,7-10H2,(H2,19,20,24). The number of benzene rings is 1. The molecule has 11 heteroatoms. The van der Waals surface area contributed by atoms with E-state index in [4.69, 9.17) is 11.6 Å². The van der Waals surface area contributed by atoms with Crippen molar-refractivity contribution in [1.82, 2.24) is 20.5 Å². The second-order valence-electron chi connectivity index (χ2n) is 6.68. The molecule has 1 saturated heterocycles. The highest BCUT2D eigenvalue weighted by Gasteiger charge is 2.28.